The number of methoxy groups -OCH3 is 1. The van der Waals surface area contributed by atoms with Crippen molar-refractivity contribution in [3.05, 3.63) is 52.5 Å². The molecule has 2 aromatic carbocycles. The Labute approximate surface area is 153 Å². The van der Waals surface area contributed by atoms with Crippen LogP contribution in [0, 0.1) is 0 Å². The average Bonchev–Trinajstić information content (AvgIpc) is 2.97. The fourth-order valence-electron chi connectivity index (χ4n) is 2.15. The van der Waals surface area contributed by atoms with Crippen molar-refractivity contribution in [2.45, 2.75) is 5.75 Å². The highest BCUT2D eigenvalue weighted by atomic mass is 35.5. The van der Waals surface area contributed by atoms with Gasteiger partial charge in [0.1, 0.15) is 10.8 Å². The standard InChI is InChI=1S/C17H15ClN2O2S2/c1-22-14-7-6-11(8-12(14)18)19-16(21)9-23-10-17-20-13-4-2-3-5-15(13)24-17/h2-8H,9-10H2,1H3,(H,19,21). The van der Waals surface area contributed by atoms with Crippen molar-refractivity contribution in [1.82, 2.24) is 4.98 Å². The van der Waals surface area contributed by atoms with Gasteiger partial charge in [0.2, 0.25) is 5.91 Å². The van der Waals surface area contributed by atoms with E-state index in [0.29, 0.717) is 22.2 Å². The van der Waals surface area contributed by atoms with E-state index in [4.69, 9.17) is 16.3 Å². The summed E-state index contributed by atoms with van der Waals surface area (Å²) in [5, 5.41) is 4.33. The van der Waals surface area contributed by atoms with Crippen LogP contribution in [0.2, 0.25) is 5.02 Å². The first kappa shape index (κ1) is 17.1. The number of carbonyl (C=O) groups excluding carboxylic acids is 1. The Morgan fingerprint density at radius 1 is 1.33 bits per heavy atom. The molecule has 0 fully saturated rings. The van der Waals surface area contributed by atoms with Crippen LogP contribution in [-0.2, 0) is 10.5 Å². The second-order valence-corrected chi connectivity index (χ2v) is 7.47. The number of amides is 1. The molecule has 0 aliphatic carbocycles. The SMILES string of the molecule is COc1ccc(NC(=O)CSCc2nc3ccccc3s2)cc1Cl. The Bertz CT molecular complexity index is 834. The van der Waals surface area contributed by atoms with Gasteiger partial charge in [-0.2, -0.15) is 0 Å². The predicted molar refractivity (Wildman–Crippen MR) is 102 cm³/mol. The van der Waals surface area contributed by atoms with Crippen LogP contribution < -0.4 is 10.1 Å². The summed E-state index contributed by atoms with van der Waals surface area (Å²) in [5.74, 6) is 1.60. The Balaban J connectivity index is 1.51. The van der Waals surface area contributed by atoms with Crippen LogP contribution in [0.1, 0.15) is 5.01 Å². The number of thioether (sulfide) groups is 1. The smallest absolute Gasteiger partial charge is 0.234 e. The molecule has 3 rings (SSSR count). The van der Waals surface area contributed by atoms with Crippen molar-refractivity contribution in [2.75, 3.05) is 18.2 Å². The van der Waals surface area contributed by atoms with Crippen LogP contribution in [0.5, 0.6) is 5.75 Å². The lowest BCUT2D eigenvalue weighted by Crippen LogP contribution is -2.14. The van der Waals surface area contributed by atoms with Crippen molar-refractivity contribution in [3.8, 4) is 5.75 Å². The number of halogens is 1. The van der Waals surface area contributed by atoms with Gasteiger partial charge >= 0.3 is 0 Å². The fourth-order valence-corrected chi connectivity index (χ4v) is 4.26. The van der Waals surface area contributed by atoms with Crippen molar-refractivity contribution in [1.29, 1.82) is 0 Å². The average molecular weight is 379 g/mol. The van der Waals surface area contributed by atoms with Gasteiger partial charge in [0.05, 0.1) is 28.1 Å². The Morgan fingerprint density at radius 2 is 2.17 bits per heavy atom. The van der Waals surface area contributed by atoms with Crippen molar-refractivity contribution >= 4 is 56.5 Å². The van der Waals surface area contributed by atoms with Crippen LogP contribution in [0.4, 0.5) is 5.69 Å². The van der Waals surface area contributed by atoms with E-state index in [1.54, 1.807) is 36.6 Å². The van der Waals surface area contributed by atoms with Gasteiger partial charge in [-0.15, -0.1) is 23.1 Å². The van der Waals surface area contributed by atoms with Crippen molar-refractivity contribution < 1.29 is 9.53 Å². The summed E-state index contributed by atoms with van der Waals surface area (Å²) in [6.07, 6.45) is 0. The lowest BCUT2D eigenvalue weighted by atomic mass is 10.3. The second-order valence-electron chi connectivity index (χ2n) is 4.97. The third-order valence-corrected chi connectivity index (χ3v) is 5.69. The van der Waals surface area contributed by atoms with Gasteiger partial charge in [-0.3, -0.25) is 4.79 Å². The van der Waals surface area contributed by atoms with E-state index in [0.717, 1.165) is 16.3 Å². The predicted octanol–water partition coefficient (Wildman–Crippen LogP) is 4.83. The highest BCUT2D eigenvalue weighted by Crippen LogP contribution is 2.28. The molecule has 7 heteroatoms. The zero-order valence-corrected chi connectivity index (χ0v) is 15.3. The van der Waals surface area contributed by atoms with Crippen molar-refractivity contribution in [2.24, 2.45) is 0 Å². The normalized spacial score (nSPS) is 10.8. The number of aromatic nitrogens is 1. The summed E-state index contributed by atoms with van der Waals surface area (Å²) in [6.45, 7) is 0. The van der Waals surface area contributed by atoms with Gasteiger partial charge in [-0.05, 0) is 30.3 Å². The number of fused-ring (bicyclic) bond motifs is 1. The minimum absolute atomic E-state index is 0.0673. The number of thiazole rings is 1. The van der Waals surface area contributed by atoms with Crippen LogP contribution in [0.25, 0.3) is 10.2 Å². The number of nitrogens with one attached hydrogen (secondary N) is 1. The third kappa shape index (κ3) is 4.20. The molecule has 0 radical (unpaired) electrons. The maximum Gasteiger partial charge on any atom is 0.234 e. The summed E-state index contributed by atoms with van der Waals surface area (Å²) in [4.78, 5) is 16.6. The molecule has 0 aliphatic rings. The van der Waals surface area contributed by atoms with E-state index >= 15 is 0 Å². The zero-order valence-electron chi connectivity index (χ0n) is 12.9. The first-order valence-corrected chi connectivity index (χ1v) is 9.56. The number of hydrogen-bond donors (Lipinski definition) is 1. The first-order chi connectivity index (χ1) is 11.7. The third-order valence-electron chi connectivity index (χ3n) is 3.23. The zero-order chi connectivity index (χ0) is 16.9. The lowest BCUT2D eigenvalue weighted by Gasteiger charge is -2.07. The molecular weight excluding hydrogens is 364 g/mol. The van der Waals surface area contributed by atoms with Gasteiger partial charge in [0.25, 0.3) is 0 Å². The summed E-state index contributed by atoms with van der Waals surface area (Å²) in [5.41, 5.74) is 1.67. The van der Waals surface area contributed by atoms with Crippen LogP contribution in [0.15, 0.2) is 42.5 Å². The molecule has 4 nitrogen and oxygen atoms in total. The summed E-state index contributed by atoms with van der Waals surface area (Å²) >= 11 is 9.25. The molecule has 0 saturated heterocycles. The molecule has 3 aromatic rings. The number of ether oxygens (including phenoxy) is 1. The highest BCUT2D eigenvalue weighted by Gasteiger charge is 2.08. The van der Waals surface area contributed by atoms with Crippen LogP contribution >= 0.6 is 34.7 Å². The molecule has 1 aromatic heterocycles. The summed E-state index contributed by atoms with van der Waals surface area (Å²) in [6, 6.07) is 13.2. The van der Waals surface area contributed by atoms with Gasteiger partial charge in [0.15, 0.2) is 0 Å². The minimum Gasteiger partial charge on any atom is -0.495 e. The highest BCUT2D eigenvalue weighted by molar-refractivity contribution is 7.99. The molecule has 0 bridgehead atoms. The van der Waals surface area contributed by atoms with Gasteiger partial charge in [-0.25, -0.2) is 4.98 Å². The molecule has 124 valence electrons. The van der Waals surface area contributed by atoms with Gasteiger partial charge < -0.3 is 10.1 Å². The van der Waals surface area contributed by atoms with E-state index in [2.05, 4.69) is 16.4 Å². The molecule has 0 spiro atoms. The van der Waals surface area contributed by atoms with Crippen LogP contribution in [0.3, 0.4) is 0 Å². The van der Waals surface area contributed by atoms with E-state index in [-0.39, 0.29) is 5.91 Å². The molecule has 0 atom stereocenters. The number of benzene rings is 2. The molecule has 0 unspecified atom stereocenters. The van der Waals surface area contributed by atoms with Gasteiger partial charge in [0, 0.05) is 11.4 Å². The second kappa shape index (κ2) is 7.88. The summed E-state index contributed by atoms with van der Waals surface area (Å²) in [7, 11) is 1.55. The van der Waals surface area contributed by atoms with E-state index < -0.39 is 0 Å². The molecular formula is C17H15ClN2O2S2. The molecule has 1 N–H and O–H groups in total. The molecule has 0 saturated carbocycles. The number of carbonyl (C=O) groups is 1. The monoisotopic (exact) mass is 378 g/mol. The van der Waals surface area contributed by atoms with E-state index in [1.807, 2.05) is 18.2 Å². The number of para-hydroxylation sites is 1. The summed E-state index contributed by atoms with van der Waals surface area (Å²) < 4.78 is 6.26. The number of rotatable bonds is 6. The molecule has 24 heavy (non-hydrogen) atoms. The quantitative estimate of drug-likeness (QED) is 0.667. The largest absolute Gasteiger partial charge is 0.495 e. The number of nitrogens with zero attached hydrogens (tertiary/aromatic N) is 1. The van der Waals surface area contributed by atoms with E-state index in [1.165, 1.54) is 16.5 Å². The molecule has 1 heterocycles. The molecule has 0 aliphatic heterocycles. The number of hydrogen-bond acceptors (Lipinski definition) is 5. The van der Waals surface area contributed by atoms with Crippen molar-refractivity contribution in [3.63, 3.8) is 0 Å². The Hall–Kier alpha value is -1.76. The fraction of sp³-hybridized carbons (Fsp3) is 0.176. The maximum absolute atomic E-state index is 12.0. The van der Waals surface area contributed by atoms with Crippen LogP contribution in [-0.4, -0.2) is 23.8 Å². The lowest BCUT2D eigenvalue weighted by molar-refractivity contribution is -0.113. The Kier molecular flexibility index (Phi) is 5.60. The number of anilines is 1. The Morgan fingerprint density at radius 3 is 2.92 bits per heavy atom. The maximum atomic E-state index is 12.0. The van der Waals surface area contributed by atoms with Gasteiger partial charge in [-0.1, -0.05) is 23.7 Å². The first-order valence-electron chi connectivity index (χ1n) is 7.21. The topological polar surface area (TPSA) is 51.2 Å². The van der Waals surface area contributed by atoms with E-state index in [9.17, 15) is 4.79 Å². The molecule has 1 amide bonds. The minimum atomic E-state index is -0.0673.